The molecule has 3 aromatic carbocycles. The molecule has 4 aromatic rings. The van der Waals surface area contributed by atoms with E-state index < -0.39 is 0 Å². The second kappa shape index (κ2) is 13.8. The first-order valence-electron chi connectivity index (χ1n) is 13.2. The lowest BCUT2D eigenvalue weighted by Gasteiger charge is -2.15. The smallest absolute Gasteiger partial charge is 0.267 e. The fourth-order valence-corrected chi connectivity index (χ4v) is 5.88. The third kappa shape index (κ3) is 7.42. The lowest BCUT2D eigenvalue weighted by molar-refractivity contribution is -0.122. The quantitative estimate of drug-likeness (QED) is 0.137. The van der Waals surface area contributed by atoms with Crippen molar-refractivity contribution in [2.45, 2.75) is 20.4 Å². The maximum Gasteiger partial charge on any atom is 0.267 e. The Balaban J connectivity index is 1.37. The highest BCUT2D eigenvalue weighted by molar-refractivity contribution is 14.1. The minimum atomic E-state index is -0.280. The van der Waals surface area contributed by atoms with Crippen LogP contribution in [0.1, 0.15) is 23.8 Å². The molecule has 0 aliphatic carbocycles. The Hall–Kier alpha value is -4.03. The molecule has 2 amide bonds. The average Bonchev–Trinajstić information content (AvgIpc) is 3.59. The Morgan fingerprint density at radius 2 is 1.86 bits per heavy atom. The van der Waals surface area contributed by atoms with Crippen molar-refractivity contribution < 1.29 is 23.5 Å². The van der Waals surface area contributed by atoms with E-state index in [0.29, 0.717) is 39.6 Å². The Morgan fingerprint density at radius 3 is 2.57 bits per heavy atom. The molecule has 0 radical (unpaired) electrons. The molecule has 1 aromatic heterocycles. The maximum absolute atomic E-state index is 13.6. The summed E-state index contributed by atoms with van der Waals surface area (Å²) in [6.45, 7) is 4.35. The molecule has 214 valence electrons. The van der Waals surface area contributed by atoms with Crippen LogP contribution < -0.4 is 14.8 Å². The number of amidine groups is 1. The number of furan rings is 1. The van der Waals surface area contributed by atoms with Crippen molar-refractivity contribution in [1.29, 1.82) is 0 Å². The molecule has 10 heteroatoms. The van der Waals surface area contributed by atoms with E-state index in [1.54, 1.807) is 17.2 Å². The Kier molecular flexibility index (Phi) is 9.65. The van der Waals surface area contributed by atoms with Crippen molar-refractivity contribution in [3.05, 3.63) is 110 Å². The van der Waals surface area contributed by atoms with E-state index in [1.807, 2.05) is 92.7 Å². The molecule has 1 N–H and O–H groups in total. The summed E-state index contributed by atoms with van der Waals surface area (Å²) in [4.78, 5) is 33.0. The van der Waals surface area contributed by atoms with E-state index in [0.717, 1.165) is 20.4 Å². The fraction of sp³-hybridized carbons (Fsp3) is 0.156. The zero-order chi connectivity index (χ0) is 29.5. The average molecular weight is 694 g/mol. The van der Waals surface area contributed by atoms with Crippen molar-refractivity contribution in [3.63, 3.8) is 0 Å². The summed E-state index contributed by atoms with van der Waals surface area (Å²) in [6.07, 6.45) is 3.40. The highest BCUT2D eigenvalue weighted by atomic mass is 127. The zero-order valence-corrected chi connectivity index (χ0v) is 26.0. The van der Waals surface area contributed by atoms with Crippen molar-refractivity contribution in [1.82, 2.24) is 4.90 Å². The molecule has 1 aliphatic heterocycles. The number of halogens is 1. The summed E-state index contributed by atoms with van der Waals surface area (Å²) < 4.78 is 18.0. The van der Waals surface area contributed by atoms with Gasteiger partial charge in [0.1, 0.15) is 5.76 Å². The first-order valence-corrected chi connectivity index (χ1v) is 15.1. The van der Waals surface area contributed by atoms with Gasteiger partial charge in [0.2, 0.25) is 0 Å². The van der Waals surface area contributed by atoms with Gasteiger partial charge >= 0.3 is 0 Å². The number of aliphatic imine (C=N–C) groups is 1. The van der Waals surface area contributed by atoms with Gasteiger partial charge in [-0.15, -0.1) is 0 Å². The molecule has 1 aliphatic rings. The van der Waals surface area contributed by atoms with Crippen molar-refractivity contribution in [2.75, 3.05) is 18.5 Å². The highest BCUT2D eigenvalue weighted by Gasteiger charge is 2.34. The predicted molar refractivity (Wildman–Crippen MR) is 174 cm³/mol. The molecule has 0 unspecified atom stereocenters. The first-order chi connectivity index (χ1) is 20.4. The molecule has 1 saturated heterocycles. The van der Waals surface area contributed by atoms with Gasteiger partial charge < -0.3 is 19.2 Å². The number of carbonyl (C=O) groups is 2. The number of hydrogen-bond donors (Lipinski definition) is 1. The van der Waals surface area contributed by atoms with E-state index in [4.69, 9.17) is 18.9 Å². The molecule has 8 nitrogen and oxygen atoms in total. The number of nitrogens with zero attached hydrogens (tertiary/aromatic N) is 2. The van der Waals surface area contributed by atoms with Gasteiger partial charge in [-0.05, 0) is 108 Å². The second-order valence-corrected chi connectivity index (χ2v) is 11.4. The van der Waals surface area contributed by atoms with Crippen molar-refractivity contribution in [3.8, 4) is 11.5 Å². The lowest BCUT2D eigenvalue weighted by atomic mass is 10.2. The van der Waals surface area contributed by atoms with E-state index in [9.17, 15) is 9.59 Å². The minimum absolute atomic E-state index is 0.174. The van der Waals surface area contributed by atoms with Crippen LogP contribution in [-0.4, -0.2) is 35.1 Å². The Bertz CT molecular complexity index is 1620. The number of hydrogen-bond acceptors (Lipinski definition) is 7. The van der Waals surface area contributed by atoms with Crippen LogP contribution in [0.15, 0.2) is 99.4 Å². The molecule has 42 heavy (non-hydrogen) atoms. The largest absolute Gasteiger partial charge is 0.490 e. The fourth-order valence-electron chi connectivity index (χ4n) is 4.10. The summed E-state index contributed by atoms with van der Waals surface area (Å²) in [5, 5.41) is 3.40. The number of carbonyl (C=O) groups excluding carboxylic acids is 2. The van der Waals surface area contributed by atoms with Gasteiger partial charge in [-0.1, -0.05) is 35.9 Å². The summed E-state index contributed by atoms with van der Waals surface area (Å²) >= 11 is 3.45. The zero-order valence-electron chi connectivity index (χ0n) is 23.0. The molecule has 0 spiro atoms. The van der Waals surface area contributed by atoms with Crippen molar-refractivity contribution >= 4 is 68.8 Å². The summed E-state index contributed by atoms with van der Waals surface area (Å²) in [6, 6.07) is 24.4. The topological polar surface area (TPSA) is 93.4 Å². The molecule has 0 atom stereocenters. The summed E-state index contributed by atoms with van der Waals surface area (Å²) in [5.74, 6) is 1.16. The van der Waals surface area contributed by atoms with Gasteiger partial charge in [0, 0.05) is 5.69 Å². The number of benzene rings is 3. The van der Waals surface area contributed by atoms with Crippen LogP contribution in [0, 0.1) is 10.5 Å². The number of aryl methyl sites for hydroxylation is 1. The number of anilines is 1. The van der Waals surface area contributed by atoms with Crippen LogP contribution in [0.25, 0.3) is 6.08 Å². The molecular weight excluding hydrogens is 665 g/mol. The molecule has 0 bridgehead atoms. The lowest BCUT2D eigenvalue weighted by Crippen LogP contribution is -2.28. The number of para-hydroxylation sites is 1. The Labute approximate surface area is 261 Å². The number of nitrogens with one attached hydrogen (secondary N) is 1. The van der Waals surface area contributed by atoms with E-state index >= 15 is 0 Å². The SMILES string of the molecule is CCOc1cc(/C=C2\SC(=Nc3ccccc3)N(Cc3ccco3)C2=O)cc(I)c1OCC(=O)Nc1ccc(C)cc1. The van der Waals surface area contributed by atoms with Crippen LogP contribution >= 0.6 is 34.4 Å². The van der Waals surface area contributed by atoms with Crippen LogP contribution in [0.5, 0.6) is 11.5 Å². The number of ether oxygens (including phenoxy) is 2. The van der Waals surface area contributed by atoms with Gasteiger partial charge in [-0.3, -0.25) is 14.5 Å². The van der Waals surface area contributed by atoms with E-state index in [2.05, 4.69) is 27.9 Å². The van der Waals surface area contributed by atoms with E-state index in [1.165, 1.54) is 11.8 Å². The second-order valence-electron chi connectivity index (χ2n) is 9.28. The normalized spacial score (nSPS) is 14.9. The van der Waals surface area contributed by atoms with Gasteiger partial charge in [0.05, 0.1) is 33.6 Å². The van der Waals surface area contributed by atoms with Gasteiger partial charge in [-0.2, -0.15) is 0 Å². The monoisotopic (exact) mass is 693 g/mol. The van der Waals surface area contributed by atoms with Crippen LogP contribution in [0.3, 0.4) is 0 Å². The first kappa shape index (κ1) is 29.5. The van der Waals surface area contributed by atoms with Gasteiger partial charge in [0.15, 0.2) is 23.3 Å². The number of thioether (sulfide) groups is 1. The standard InChI is InChI=1S/C32H28IN3O5S/c1-3-39-27-17-22(16-26(33)30(27)41-20-29(37)34-24-13-11-21(2)12-14-24)18-28-31(38)36(19-25-10-7-15-40-25)32(42-28)35-23-8-5-4-6-9-23/h4-18H,3,19-20H2,1-2H3,(H,34,37)/b28-18-,35-32?. The number of amides is 2. The van der Waals surface area contributed by atoms with Gasteiger partial charge in [0.25, 0.3) is 11.8 Å². The Morgan fingerprint density at radius 1 is 1.07 bits per heavy atom. The van der Waals surface area contributed by atoms with Crippen LogP contribution in [0.4, 0.5) is 11.4 Å². The van der Waals surface area contributed by atoms with Crippen LogP contribution in [-0.2, 0) is 16.1 Å². The third-order valence-corrected chi connectivity index (χ3v) is 7.88. The minimum Gasteiger partial charge on any atom is -0.490 e. The van der Waals surface area contributed by atoms with E-state index in [-0.39, 0.29) is 25.0 Å². The molecule has 1 fully saturated rings. The van der Waals surface area contributed by atoms with Crippen LogP contribution in [0.2, 0.25) is 0 Å². The summed E-state index contributed by atoms with van der Waals surface area (Å²) in [5.41, 5.74) is 3.32. The molecule has 5 rings (SSSR count). The molecule has 2 heterocycles. The molecule has 0 saturated carbocycles. The van der Waals surface area contributed by atoms with Crippen molar-refractivity contribution in [2.24, 2.45) is 4.99 Å². The third-order valence-electron chi connectivity index (χ3n) is 6.08. The summed E-state index contributed by atoms with van der Waals surface area (Å²) in [7, 11) is 0. The van der Waals surface area contributed by atoms with Gasteiger partial charge in [-0.25, -0.2) is 4.99 Å². The number of rotatable bonds is 10. The predicted octanol–water partition coefficient (Wildman–Crippen LogP) is 7.41. The highest BCUT2D eigenvalue weighted by Crippen LogP contribution is 2.38. The maximum atomic E-state index is 13.6. The molecular formula is C32H28IN3O5S.